The highest BCUT2D eigenvalue weighted by molar-refractivity contribution is 5.68. The van der Waals surface area contributed by atoms with Gasteiger partial charge in [0.05, 0.1) is 6.61 Å². The topological polar surface area (TPSA) is 97.4 Å². The largest absolute Gasteiger partial charge is 0.460 e. The molecule has 2 aliphatic heterocycles. The van der Waals surface area contributed by atoms with Crippen molar-refractivity contribution in [2.75, 3.05) is 13.2 Å². The van der Waals surface area contributed by atoms with Gasteiger partial charge in [0.15, 0.2) is 12.2 Å². The lowest BCUT2D eigenvalue weighted by Gasteiger charge is -2.33. The molecule has 0 spiro atoms. The minimum Gasteiger partial charge on any atom is -0.460 e. The molecule has 2 heterocycles. The maximum Gasteiger partial charge on any atom is 0.303 e. The molecule has 4 unspecified atom stereocenters. The number of fused-ring (bicyclic) bond motifs is 2. The molecule has 8 nitrogen and oxygen atoms in total. The Kier molecular flexibility index (Phi) is 3.96. The van der Waals surface area contributed by atoms with E-state index >= 15 is 0 Å². The van der Waals surface area contributed by atoms with Crippen LogP contribution in [-0.2, 0) is 38.1 Å². The molecule has 0 N–H and O–H groups in total. The molecule has 0 amide bonds. The van der Waals surface area contributed by atoms with Crippen molar-refractivity contribution in [1.82, 2.24) is 0 Å². The molecule has 0 saturated carbocycles. The number of carbonyl (C=O) groups excluding carboxylic acids is 3. The van der Waals surface area contributed by atoms with Gasteiger partial charge in [-0.05, 0) is 0 Å². The van der Waals surface area contributed by atoms with Crippen molar-refractivity contribution in [1.29, 1.82) is 0 Å². The lowest BCUT2D eigenvalue weighted by molar-refractivity contribution is -0.241. The van der Waals surface area contributed by atoms with E-state index in [1.165, 1.54) is 20.8 Å². The Bertz CT molecular complexity index is 433. The third kappa shape index (κ3) is 2.75. The van der Waals surface area contributed by atoms with Gasteiger partial charge in [-0.3, -0.25) is 14.4 Å². The Labute approximate surface area is 115 Å². The lowest BCUT2D eigenvalue weighted by atomic mass is 10.0. The van der Waals surface area contributed by atoms with Crippen molar-refractivity contribution in [3.8, 4) is 0 Å². The second-order valence-corrected chi connectivity index (χ2v) is 4.66. The molecular formula is C12H16O8. The van der Waals surface area contributed by atoms with E-state index in [0.717, 1.165) is 0 Å². The molecule has 112 valence electrons. The van der Waals surface area contributed by atoms with Gasteiger partial charge in [0.25, 0.3) is 0 Å². The van der Waals surface area contributed by atoms with Gasteiger partial charge < -0.3 is 23.7 Å². The first kappa shape index (κ1) is 14.7. The van der Waals surface area contributed by atoms with E-state index < -0.39 is 42.0 Å². The molecule has 0 aliphatic carbocycles. The third-order valence-corrected chi connectivity index (χ3v) is 3.01. The summed E-state index contributed by atoms with van der Waals surface area (Å²) in [5, 5.41) is 0. The normalized spacial score (nSPS) is 34.6. The van der Waals surface area contributed by atoms with Crippen molar-refractivity contribution in [3.63, 3.8) is 0 Å². The van der Waals surface area contributed by atoms with Crippen LogP contribution in [0.3, 0.4) is 0 Å². The highest BCUT2D eigenvalue weighted by atomic mass is 16.8. The Hall–Kier alpha value is -1.67. The SMILES string of the molecule is CC(=O)OCC12OCC(O1)C(OC(C)=O)C2OC(C)=O. The van der Waals surface area contributed by atoms with Crippen LogP contribution in [0.1, 0.15) is 20.8 Å². The average Bonchev–Trinajstić information content (AvgIpc) is 2.85. The van der Waals surface area contributed by atoms with E-state index in [1.807, 2.05) is 0 Å². The monoisotopic (exact) mass is 288 g/mol. The van der Waals surface area contributed by atoms with Gasteiger partial charge in [-0.25, -0.2) is 0 Å². The van der Waals surface area contributed by atoms with E-state index in [0.29, 0.717) is 0 Å². The molecule has 2 aliphatic rings. The summed E-state index contributed by atoms with van der Waals surface area (Å²) in [6, 6.07) is 0. The van der Waals surface area contributed by atoms with Gasteiger partial charge in [0, 0.05) is 20.8 Å². The zero-order valence-corrected chi connectivity index (χ0v) is 11.4. The molecule has 0 radical (unpaired) electrons. The standard InChI is InChI=1S/C12H16O8/c1-6(13)16-5-12-11(19-8(3)15)10(18-7(2)14)9(20-12)4-17-12/h9-11H,4-5H2,1-3H3. The van der Waals surface area contributed by atoms with Crippen LogP contribution >= 0.6 is 0 Å². The summed E-state index contributed by atoms with van der Waals surface area (Å²) in [6.07, 6.45) is -2.30. The molecule has 0 aromatic heterocycles. The Balaban J connectivity index is 2.18. The predicted molar refractivity (Wildman–Crippen MR) is 61.3 cm³/mol. The summed E-state index contributed by atoms with van der Waals surface area (Å²) in [5.74, 6) is -3.03. The minimum absolute atomic E-state index is 0.164. The molecule has 4 atom stereocenters. The van der Waals surface area contributed by atoms with E-state index in [4.69, 9.17) is 23.7 Å². The van der Waals surface area contributed by atoms with Crippen LogP contribution < -0.4 is 0 Å². The summed E-state index contributed by atoms with van der Waals surface area (Å²) in [7, 11) is 0. The quantitative estimate of drug-likeness (QED) is 0.506. The zero-order valence-electron chi connectivity index (χ0n) is 11.4. The fourth-order valence-electron chi connectivity index (χ4n) is 2.33. The maximum atomic E-state index is 11.2. The van der Waals surface area contributed by atoms with Gasteiger partial charge in [-0.2, -0.15) is 0 Å². The van der Waals surface area contributed by atoms with Crippen LogP contribution in [-0.4, -0.2) is 55.2 Å². The first-order valence-electron chi connectivity index (χ1n) is 6.13. The number of hydrogen-bond donors (Lipinski definition) is 0. The van der Waals surface area contributed by atoms with E-state index in [-0.39, 0.29) is 13.2 Å². The van der Waals surface area contributed by atoms with E-state index in [1.54, 1.807) is 0 Å². The smallest absolute Gasteiger partial charge is 0.303 e. The number of esters is 3. The number of rotatable bonds is 4. The molecule has 2 saturated heterocycles. The molecule has 0 aromatic rings. The van der Waals surface area contributed by atoms with Gasteiger partial charge in [0.1, 0.15) is 12.7 Å². The molecular weight excluding hydrogens is 272 g/mol. The second kappa shape index (κ2) is 5.37. The highest BCUT2D eigenvalue weighted by Gasteiger charge is 2.65. The van der Waals surface area contributed by atoms with Crippen LogP contribution in [0.25, 0.3) is 0 Å². The zero-order chi connectivity index (χ0) is 14.9. The van der Waals surface area contributed by atoms with Crippen molar-refractivity contribution >= 4 is 17.9 Å². The van der Waals surface area contributed by atoms with Gasteiger partial charge in [-0.1, -0.05) is 0 Å². The summed E-state index contributed by atoms with van der Waals surface area (Å²) >= 11 is 0. The number of ether oxygens (including phenoxy) is 5. The Morgan fingerprint density at radius 1 is 1.10 bits per heavy atom. The Morgan fingerprint density at radius 2 is 1.75 bits per heavy atom. The lowest BCUT2D eigenvalue weighted by Crippen LogP contribution is -2.54. The van der Waals surface area contributed by atoms with Gasteiger partial charge >= 0.3 is 17.9 Å². The third-order valence-electron chi connectivity index (χ3n) is 3.01. The van der Waals surface area contributed by atoms with Crippen molar-refractivity contribution in [2.24, 2.45) is 0 Å². The second-order valence-electron chi connectivity index (χ2n) is 4.66. The minimum atomic E-state index is -1.41. The molecule has 8 heteroatoms. The summed E-state index contributed by atoms with van der Waals surface area (Å²) in [6.45, 7) is 3.63. The Morgan fingerprint density at radius 3 is 2.30 bits per heavy atom. The number of hydrogen-bond acceptors (Lipinski definition) is 8. The van der Waals surface area contributed by atoms with Gasteiger partial charge in [-0.15, -0.1) is 0 Å². The fourth-order valence-corrected chi connectivity index (χ4v) is 2.33. The molecule has 2 rings (SSSR count). The van der Waals surface area contributed by atoms with E-state index in [9.17, 15) is 14.4 Å². The van der Waals surface area contributed by atoms with Crippen molar-refractivity contribution < 1.29 is 38.1 Å². The first-order chi connectivity index (χ1) is 9.34. The van der Waals surface area contributed by atoms with Crippen molar-refractivity contribution in [2.45, 2.75) is 44.9 Å². The number of carbonyl (C=O) groups is 3. The fraction of sp³-hybridized carbons (Fsp3) is 0.750. The molecule has 2 fully saturated rings. The average molecular weight is 288 g/mol. The molecule has 2 bridgehead atoms. The van der Waals surface area contributed by atoms with Crippen LogP contribution in [0, 0.1) is 0 Å². The van der Waals surface area contributed by atoms with Crippen LogP contribution in [0.5, 0.6) is 0 Å². The maximum absolute atomic E-state index is 11.2. The molecule has 0 aromatic carbocycles. The van der Waals surface area contributed by atoms with Gasteiger partial charge in [0.2, 0.25) is 5.79 Å². The highest BCUT2D eigenvalue weighted by Crippen LogP contribution is 2.42. The summed E-state index contributed by atoms with van der Waals surface area (Å²) in [5.41, 5.74) is 0. The predicted octanol–water partition coefficient (Wildman–Crippen LogP) is -0.462. The van der Waals surface area contributed by atoms with Crippen molar-refractivity contribution in [3.05, 3.63) is 0 Å². The molecule has 20 heavy (non-hydrogen) atoms. The van der Waals surface area contributed by atoms with Crippen LogP contribution in [0.15, 0.2) is 0 Å². The summed E-state index contributed by atoms with van der Waals surface area (Å²) < 4.78 is 26.2. The van der Waals surface area contributed by atoms with Crippen LogP contribution in [0.2, 0.25) is 0 Å². The summed E-state index contributed by atoms with van der Waals surface area (Å²) in [4.78, 5) is 33.3. The van der Waals surface area contributed by atoms with E-state index in [2.05, 4.69) is 0 Å². The first-order valence-corrected chi connectivity index (χ1v) is 6.13. The van der Waals surface area contributed by atoms with Crippen LogP contribution in [0.4, 0.5) is 0 Å².